The summed E-state index contributed by atoms with van der Waals surface area (Å²) in [7, 11) is 0. The molecule has 0 saturated carbocycles. The molecule has 106 valence electrons. The van der Waals surface area contributed by atoms with Gasteiger partial charge in [-0.25, -0.2) is 0 Å². The van der Waals surface area contributed by atoms with Gasteiger partial charge in [-0.05, 0) is 32.0 Å². The summed E-state index contributed by atoms with van der Waals surface area (Å²) in [5.74, 6) is 0.843. The SMILES string of the molecule is CCOc1ccc(C)cc1C(Br)c1c(Cl)cccc1Cl. The van der Waals surface area contributed by atoms with Crippen LogP contribution in [0.15, 0.2) is 36.4 Å². The van der Waals surface area contributed by atoms with E-state index in [9.17, 15) is 0 Å². The zero-order valence-electron chi connectivity index (χ0n) is 11.3. The van der Waals surface area contributed by atoms with E-state index in [2.05, 4.69) is 22.0 Å². The summed E-state index contributed by atoms with van der Waals surface area (Å²) in [6.45, 7) is 4.63. The average Bonchev–Trinajstić information content (AvgIpc) is 2.40. The Hall–Kier alpha value is -0.700. The number of hydrogen-bond acceptors (Lipinski definition) is 1. The number of alkyl halides is 1. The maximum absolute atomic E-state index is 6.29. The molecule has 0 bridgehead atoms. The Labute approximate surface area is 138 Å². The summed E-state index contributed by atoms with van der Waals surface area (Å²) < 4.78 is 5.70. The van der Waals surface area contributed by atoms with Gasteiger partial charge in [0.25, 0.3) is 0 Å². The molecular formula is C16H15BrCl2O. The number of ether oxygens (including phenoxy) is 1. The second kappa shape index (κ2) is 6.84. The third-order valence-electron chi connectivity index (χ3n) is 2.99. The molecule has 0 spiro atoms. The quantitative estimate of drug-likeness (QED) is 0.581. The van der Waals surface area contributed by atoms with Gasteiger partial charge in [0.2, 0.25) is 0 Å². The highest BCUT2D eigenvalue weighted by molar-refractivity contribution is 9.09. The van der Waals surface area contributed by atoms with Crippen molar-refractivity contribution in [3.8, 4) is 5.75 Å². The summed E-state index contributed by atoms with van der Waals surface area (Å²) in [6, 6.07) is 11.6. The van der Waals surface area contributed by atoms with Gasteiger partial charge in [0.15, 0.2) is 0 Å². The minimum Gasteiger partial charge on any atom is -0.494 e. The number of benzene rings is 2. The Bertz CT molecular complexity index is 593. The van der Waals surface area contributed by atoms with E-state index in [1.165, 1.54) is 0 Å². The topological polar surface area (TPSA) is 9.23 Å². The predicted molar refractivity (Wildman–Crippen MR) is 89.6 cm³/mol. The lowest BCUT2D eigenvalue weighted by Gasteiger charge is -2.18. The fourth-order valence-electron chi connectivity index (χ4n) is 2.06. The summed E-state index contributed by atoms with van der Waals surface area (Å²) in [4.78, 5) is -0.106. The Morgan fingerprint density at radius 1 is 1.15 bits per heavy atom. The van der Waals surface area contributed by atoms with Crippen LogP contribution in [-0.4, -0.2) is 6.61 Å². The summed E-state index contributed by atoms with van der Waals surface area (Å²) in [5, 5.41) is 1.28. The summed E-state index contributed by atoms with van der Waals surface area (Å²) >= 11 is 16.3. The van der Waals surface area contributed by atoms with Crippen LogP contribution in [-0.2, 0) is 0 Å². The van der Waals surface area contributed by atoms with Crippen molar-refractivity contribution in [1.82, 2.24) is 0 Å². The molecule has 0 N–H and O–H groups in total. The van der Waals surface area contributed by atoms with Crippen molar-refractivity contribution < 1.29 is 4.74 Å². The van der Waals surface area contributed by atoms with E-state index in [0.717, 1.165) is 22.4 Å². The maximum Gasteiger partial charge on any atom is 0.123 e. The van der Waals surface area contributed by atoms with Crippen molar-refractivity contribution in [2.75, 3.05) is 6.61 Å². The first kappa shape index (κ1) is 15.7. The van der Waals surface area contributed by atoms with Crippen LogP contribution >= 0.6 is 39.1 Å². The van der Waals surface area contributed by atoms with Gasteiger partial charge in [-0.2, -0.15) is 0 Å². The molecule has 1 unspecified atom stereocenters. The van der Waals surface area contributed by atoms with Gasteiger partial charge in [0.1, 0.15) is 5.75 Å². The van der Waals surface area contributed by atoms with Gasteiger partial charge in [0.05, 0.1) is 11.4 Å². The minimum atomic E-state index is -0.106. The smallest absolute Gasteiger partial charge is 0.123 e. The Kier molecular flexibility index (Phi) is 5.36. The first-order chi connectivity index (χ1) is 9.54. The molecule has 0 fully saturated rings. The molecule has 1 atom stereocenters. The average molecular weight is 374 g/mol. The van der Waals surface area contributed by atoms with E-state index in [4.69, 9.17) is 27.9 Å². The van der Waals surface area contributed by atoms with E-state index in [0.29, 0.717) is 16.7 Å². The van der Waals surface area contributed by atoms with Gasteiger partial charge >= 0.3 is 0 Å². The van der Waals surface area contributed by atoms with Crippen molar-refractivity contribution in [1.29, 1.82) is 0 Å². The Morgan fingerprint density at radius 2 is 1.80 bits per heavy atom. The molecule has 0 aliphatic carbocycles. The molecule has 2 aromatic rings. The fraction of sp³-hybridized carbons (Fsp3) is 0.250. The fourth-order valence-corrected chi connectivity index (χ4v) is 3.79. The van der Waals surface area contributed by atoms with Crippen molar-refractivity contribution in [3.63, 3.8) is 0 Å². The molecule has 0 aromatic heterocycles. The van der Waals surface area contributed by atoms with Crippen molar-refractivity contribution >= 4 is 39.1 Å². The number of rotatable bonds is 4. The molecule has 0 heterocycles. The number of aryl methyl sites for hydroxylation is 1. The summed E-state index contributed by atoms with van der Waals surface area (Å²) in [6.07, 6.45) is 0. The van der Waals surface area contributed by atoms with Gasteiger partial charge in [-0.3, -0.25) is 0 Å². The van der Waals surface area contributed by atoms with Gasteiger partial charge in [-0.1, -0.05) is 62.9 Å². The molecule has 0 amide bonds. The first-order valence-corrected chi connectivity index (χ1v) is 8.03. The minimum absolute atomic E-state index is 0.106. The van der Waals surface area contributed by atoms with E-state index in [-0.39, 0.29) is 4.83 Å². The van der Waals surface area contributed by atoms with Crippen LogP contribution in [0.4, 0.5) is 0 Å². The van der Waals surface area contributed by atoms with Crippen LogP contribution in [0.25, 0.3) is 0 Å². The molecule has 20 heavy (non-hydrogen) atoms. The zero-order chi connectivity index (χ0) is 14.7. The Balaban J connectivity index is 2.52. The third kappa shape index (κ3) is 3.30. The van der Waals surface area contributed by atoms with Crippen LogP contribution in [0.3, 0.4) is 0 Å². The lowest BCUT2D eigenvalue weighted by Crippen LogP contribution is -2.01. The molecule has 0 aliphatic rings. The molecule has 2 rings (SSSR count). The number of hydrogen-bond donors (Lipinski definition) is 0. The standard InChI is InChI=1S/C16H15BrCl2O/c1-3-20-14-8-7-10(2)9-11(14)16(17)15-12(18)5-4-6-13(15)19/h4-9,16H,3H2,1-2H3. The van der Waals surface area contributed by atoms with E-state index >= 15 is 0 Å². The van der Waals surface area contributed by atoms with Crippen molar-refractivity contribution in [3.05, 3.63) is 63.1 Å². The van der Waals surface area contributed by atoms with Crippen LogP contribution < -0.4 is 4.74 Å². The molecular weight excluding hydrogens is 359 g/mol. The summed E-state index contributed by atoms with van der Waals surface area (Å²) in [5.41, 5.74) is 3.06. The van der Waals surface area contributed by atoms with Gasteiger partial charge < -0.3 is 4.74 Å². The first-order valence-electron chi connectivity index (χ1n) is 6.36. The zero-order valence-corrected chi connectivity index (χ0v) is 14.4. The van der Waals surface area contributed by atoms with Crippen LogP contribution in [0.2, 0.25) is 10.0 Å². The molecule has 2 aromatic carbocycles. The van der Waals surface area contributed by atoms with E-state index in [1.54, 1.807) is 0 Å². The van der Waals surface area contributed by atoms with E-state index in [1.807, 2.05) is 44.2 Å². The largest absolute Gasteiger partial charge is 0.494 e. The Morgan fingerprint density at radius 3 is 2.40 bits per heavy atom. The van der Waals surface area contributed by atoms with Gasteiger partial charge in [0, 0.05) is 21.2 Å². The molecule has 4 heteroatoms. The maximum atomic E-state index is 6.29. The predicted octanol–water partition coefficient (Wildman–Crippen LogP) is 6.18. The van der Waals surface area contributed by atoms with Crippen LogP contribution in [0, 0.1) is 6.92 Å². The number of halogens is 3. The van der Waals surface area contributed by atoms with Crippen LogP contribution in [0.1, 0.15) is 28.4 Å². The van der Waals surface area contributed by atoms with Crippen LogP contribution in [0.5, 0.6) is 5.75 Å². The second-order valence-electron chi connectivity index (χ2n) is 4.47. The molecule has 1 nitrogen and oxygen atoms in total. The molecule has 0 radical (unpaired) electrons. The monoisotopic (exact) mass is 372 g/mol. The lowest BCUT2D eigenvalue weighted by molar-refractivity contribution is 0.337. The highest BCUT2D eigenvalue weighted by Gasteiger charge is 2.20. The highest BCUT2D eigenvalue weighted by Crippen LogP contribution is 2.43. The third-order valence-corrected chi connectivity index (χ3v) is 4.60. The van der Waals surface area contributed by atoms with Crippen molar-refractivity contribution in [2.45, 2.75) is 18.7 Å². The molecule has 0 aliphatic heterocycles. The lowest BCUT2D eigenvalue weighted by atomic mass is 10.0. The van der Waals surface area contributed by atoms with Crippen molar-refractivity contribution in [2.24, 2.45) is 0 Å². The van der Waals surface area contributed by atoms with Gasteiger partial charge in [-0.15, -0.1) is 0 Å². The molecule has 0 saturated heterocycles. The highest BCUT2D eigenvalue weighted by atomic mass is 79.9. The second-order valence-corrected chi connectivity index (χ2v) is 6.20. The normalized spacial score (nSPS) is 12.2. The van der Waals surface area contributed by atoms with E-state index < -0.39 is 0 Å².